The van der Waals surface area contributed by atoms with Gasteiger partial charge in [0.2, 0.25) is 0 Å². The number of nitrogens with one attached hydrogen (secondary N) is 2. The number of carbonyl (C=O) groups is 2. The van der Waals surface area contributed by atoms with Crippen molar-refractivity contribution in [3.8, 4) is 0 Å². The van der Waals surface area contributed by atoms with Crippen LogP contribution in [0.2, 0.25) is 0 Å². The molecule has 0 aliphatic carbocycles. The lowest BCUT2D eigenvalue weighted by Crippen LogP contribution is -2.49. The molecule has 1 aromatic heterocycles. The van der Waals surface area contributed by atoms with Crippen molar-refractivity contribution in [1.82, 2.24) is 19.8 Å². The number of carbonyl (C=O) groups excluding carboxylic acids is 2. The highest BCUT2D eigenvalue weighted by Gasteiger charge is 2.26. The quantitative estimate of drug-likeness (QED) is 0.258. The van der Waals surface area contributed by atoms with Gasteiger partial charge in [-0.05, 0) is 36.2 Å². The summed E-state index contributed by atoms with van der Waals surface area (Å²) in [4.78, 5) is 38.4. The van der Waals surface area contributed by atoms with Gasteiger partial charge in [-0.1, -0.05) is 32.0 Å². The smallest absolute Gasteiger partial charge is 0.328 e. The minimum atomic E-state index is -0.549. The summed E-state index contributed by atoms with van der Waals surface area (Å²) in [5.41, 5.74) is 1.37. The summed E-state index contributed by atoms with van der Waals surface area (Å²) < 4.78 is 4.98. The second kappa shape index (κ2) is 12.0. The maximum atomic E-state index is 12.7. The first-order chi connectivity index (χ1) is 18.2. The highest BCUT2D eigenvalue weighted by molar-refractivity contribution is 5.91. The third kappa shape index (κ3) is 6.46. The molecular formula is C26H33N7O5. The zero-order valence-electron chi connectivity index (χ0n) is 21.7. The van der Waals surface area contributed by atoms with Gasteiger partial charge >= 0.3 is 12.0 Å². The van der Waals surface area contributed by atoms with E-state index in [1.165, 1.54) is 19.2 Å². The molecule has 0 spiro atoms. The third-order valence-electron chi connectivity index (χ3n) is 6.42. The maximum absolute atomic E-state index is 12.7. The number of hydrogen-bond donors (Lipinski definition) is 2. The lowest BCUT2D eigenvalue weighted by molar-refractivity contribution is -0.142. The van der Waals surface area contributed by atoms with E-state index in [1.54, 1.807) is 17.0 Å². The van der Waals surface area contributed by atoms with E-state index in [2.05, 4.69) is 15.5 Å². The van der Waals surface area contributed by atoms with E-state index in [4.69, 9.17) is 19.9 Å². The van der Waals surface area contributed by atoms with Crippen LogP contribution in [0.3, 0.4) is 0 Å². The molecule has 0 unspecified atom stereocenters. The molecule has 202 valence electrons. The number of hydrogen-bond acceptors (Lipinski definition) is 9. The molecule has 4 N–H and O–H groups in total. The first-order valence-corrected chi connectivity index (χ1v) is 12.4. The molecule has 2 aromatic carbocycles. The number of amides is 2. The Morgan fingerprint density at radius 1 is 1.11 bits per heavy atom. The Morgan fingerprint density at radius 3 is 2.53 bits per heavy atom. The third-order valence-corrected chi connectivity index (χ3v) is 6.42. The van der Waals surface area contributed by atoms with E-state index in [0.717, 1.165) is 10.9 Å². The van der Waals surface area contributed by atoms with Gasteiger partial charge < -0.3 is 30.7 Å². The van der Waals surface area contributed by atoms with Gasteiger partial charge in [0.15, 0.2) is 0 Å². The van der Waals surface area contributed by atoms with E-state index >= 15 is 0 Å². The van der Waals surface area contributed by atoms with Crippen molar-refractivity contribution >= 4 is 40.1 Å². The molecule has 1 aliphatic rings. The van der Waals surface area contributed by atoms with Crippen LogP contribution in [0.5, 0.6) is 0 Å². The van der Waals surface area contributed by atoms with Crippen LogP contribution in [0.15, 0.2) is 48.5 Å². The fourth-order valence-corrected chi connectivity index (χ4v) is 4.30. The second-order valence-electron chi connectivity index (χ2n) is 9.43. The molecule has 12 heteroatoms. The number of para-hydroxylation sites is 1. The van der Waals surface area contributed by atoms with Gasteiger partial charge in [0, 0.05) is 37.3 Å². The van der Waals surface area contributed by atoms with Crippen LogP contribution in [0, 0.1) is 11.1 Å². The fraction of sp³-hybridized carbons (Fsp3) is 0.385. The number of fused-ring (bicyclic) bond motifs is 1. The molecule has 0 saturated carbocycles. The zero-order valence-corrected chi connectivity index (χ0v) is 21.7. The van der Waals surface area contributed by atoms with Gasteiger partial charge in [-0.2, -0.15) is 5.23 Å². The van der Waals surface area contributed by atoms with Gasteiger partial charge in [-0.3, -0.25) is 4.90 Å². The summed E-state index contributed by atoms with van der Waals surface area (Å²) in [6.45, 7) is 6.65. The Labute approximate surface area is 220 Å². The van der Waals surface area contributed by atoms with Crippen LogP contribution < -0.4 is 15.9 Å². The number of rotatable bonds is 8. The number of urea groups is 1. The first-order valence-electron chi connectivity index (χ1n) is 12.4. The molecular weight excluding hydrogens is 490 g/mol. The number of benzene rings is 2. The van der Waals surface area contributed by atoms with Crippen LogP contribution in [0.4, 0.5) is 22.0 Å². The van der Waals surface area contributed by atoms with Crippen LogP contribution in [-0.4, -0.2) is 76.3 Å². The summed E-state index contributed by atoms with van der Waals surface area (Å²) in [5.74, 6) is 0.841. The van der Waals surface area contributed by atoms with Crippen LogP contribution >= 0.6 is 0 Å². The molecule has 3 aromatic rings. The summed E-state index contributed by atoms with van der Waals surface area (Å²) >= 11 is 0. The van der Waals surface area contributed by atoms with Gasteiger partial charge in [-0.25, -0.2) is 19.6 Å². The molecule has 38 heavy (non-hydrogen) atoms. The first kappa shape index (κ1) is 27.0. The SMILES string of the molecule is COC(=O)[C@@H](Nc1nc(CN2CCN(C(=O)Nc3cccc(N([O-])[OH2+])c3)CC2)nc2ccccc12)C(C)C. The number of anilines is 3. The van der Waals surface area contributed by atoms with Crippen molar-refractivity contribution in [3.05, 3.63) is 59.6 Å². The van der Waals surface area contributed by atoms with E-state index in [1.807, 2.05) is 38.1 Å². The van der Waals surface area contributed by atoms with Crippen molar-refractivity contribution in [2.24, 2.45) is 5.92 Å². The molecule has 2 heterocycles. The Balaban J connectivity index is 1.42. The van der Waals surface area contributed by atoms with Crippen LogP contribution in [0.1, 0.15) is 19.7 Å². The Morgan fingerprint density at radius 2 is 1.84 bits per heavy atom. The molecule has 1 aliphatic heterocycles. The van der Waals surface area contributed by atoms with Crippen molar-refractivity contribution in [2.75, 3.05) is 49.1 Å². The normalized spacial score (nSPS) is 14.8. The van der Waals surface area contributed by atoms with Gasteiger partial charge in [0.05, 0.1) is 24.9 Å². The lowest BCUT2D eigenvalue weighted by Gasteiger charge is -2.34. The van der Waals surface area contributed by atoms with E-state index in [9.17, 15) is 14.8 Å². The van der Waals surface area contributed by atoms with Gasteiger partial charge in [0.1, 0.15) is 17.7 Å². The molecule has 1 atom stereocenters. The number of methoxy groups -OCH3 is 1. The molecule has 1 saturated heterocycles. The minimum Gasteiger partial charge on any atom is -0.694 e. The number of piperazine rings is 1. The predicted molar refractivity (Wildman–Crippen MR) is 146 cm³/mol. The topological polar surface area (TPSA) is 149 Å². The number of nitrogens with zero attached hydrogens (tertiary/aromatic N) is 5. The number of ether oxygens (including phenoxy) is 1. The number of aromatic nitrogens is 2. The highest BCUT2D eigenvalue weighted by atomic mass is 16.8. The van der Waals surface area contributed by atoms with Crippen LogP contribution in [-0.2, 0) is 16.1 Å². The van der Waals surface area contributed by atoms with Gasteiger partial charge in [-0.15, -0.1) is 0 Å². The standard InChI is InChI=1S/C26H32N7O5/c1-17(2)23(25(34)38-3)30-24-20-9-4-5-10-21(20)28-22(29-24)16-31-11-13-32(14-12-31)26(35)27-18-7-6-8-19(15-18)33(36)37/h4-10,15,17,23,36H,11-14,16H2,1-3H3,(H,27,35)(H,28,29,30)/q-1/p+1/t23-/m0/s1. The molecule has 0 bridgehead atoms. The van der Waals surface area contributed by atoms with Gasteiger partial charge in [0.25, 0.3) is 0 Å². The van der Waals surface area contributed by atoms with E-state index < -0.39 is 6.04 Å². The maximum Gasteiger partial charge on any atom is 0.328 e. The van der Waals surface area contributed by atoms with Crippen molar-refractivity contribution in [2.45, 2.75) is 26.4 Å². The fourth-order valence-electron chi connectivity index (χ4n) is 4.30. The minimum absolute atomic E-state index is 0.00263. The summed E-state index contributed by atoms with van der Waals surface area (Å²) in [7, 11) is 1.37. The van der Waals surface area contributed by atoms with Crippen molar-refractivity contribution in [1.29, 1.82) is 0 Å². The average molecular weight is 524 g/mol. The second-order valence-corrected chi connectivity index (χ2v) is 9.43. The van der Waals surface area contributed by atoms with Crippen LogP contribution in [0.25, 0.3) is 10.9 Å². The highest BCUT2D eigenvalue weighted by Crippen LogP contribution is 2.24. The lowest BCUT2D eigenvalue weighted by atomic mass is 10.0. The molecule has 0 radical (unpaired) electrons. The monoisotopic (exact) mass is 523 g/mol. The van der Waals surface area contributed by atoms with Crippen molar-refractivity contribution in [3.63, 3.8) is 0 Å². The molecule has 4 rings (SSSR count). The summed E-state index contributed by atoms with van der Waals surface area (Å²) in [6.07, 6.45) is 0. The zero-order chi connectivity index (χ0) is 27.2. The molecule has 2 amide bonds. The molecule has 12 nitrogen and oxygen atoms in total. The van der Waals surface area contributed by atoms with E-state index in [-0.39, 0.29) is 28.8 Å². The number of esters is 1. The Hall–Kier alpha value is -4.00. The molecule has 1 fully saturated rings. The predicted octanol–water partition coefficient (Wildman–Crippen LogP) is 2.53. The van der Waals surface area contributed by atoms with Crippen molar-refractivity contribution < 1.29 is 19.5 Å². The summed E-state index contributed by atoms with van der Waals surface area (Å²) in [6, 6.07) is 13.1. The Kier molecular flexibility index (Phi) is 8.56. The summed E-state index contributed by atoms with van der Waals surface area (Å²) in [5, 5.41) is 25.2. The Bertz CT molecular complexity index is 1280. The van der Waals surface area contributed by atoms with E-state index in [0.29, 0.717) is 50.1 Å². The largest absolute Gasteiger partial charge is 0.694 e. The average Bonchev–Trinajstić information content (AvgIpc) is 2.91.